The maximum absolute atomic E-state index is 13.5. The van der Waals surface area contributed by atoms with Crippen molar-refractivity contribution in [1.82, 2.24) is 0 Å². The van der Waals surface area contributed by atoms with Crippen LogP contribution in [0.4, 0.5) is 8.78 Å². The van der Waals surface area contributed by atoms with Crippen molar-refractivity contribution in [3.63, 3.8) is 0 Å². The Labute approximate surface area is 178 Å². The summed E-state index contributed by atoms with van der Waals surface area (Å²) in [5.41, 5.74) is 2.19. The lowest BCUT2D eigenvalue weighted by atomic mass is 9.77. The van der Waals surface area contributed by atoms with E-state index < -0.39 is 0 Å². The molecule has 0 unspecified atom stereocenters. The van der Waals surface area contributed by atoms with E-state index in [0.717, 1.165) is 36.8 Å². The van der Waals surface area contributed by atoms with E-state index in [1.165, 1.54) is 49.9 Å². The second kappa shape index (κ2) is 9.85. The van der Waals surface area contributed by atoms with Crippen LogP contribution in [-0.2, 0) is 4.79 Å². The maximum Gasteiger partial charge on any atom is 0.134 e. The van der Waals surface area contributed by atoms with E-state index in [1.807, 2.05) is 24.3 Å². The molecule has 3 heteroatoms. The Morgan fingerprint density at radius 1 is 0.667 bits per heavy atom. The molecule has 2 atom stereocenters. The largest absolute Gasteiger partial charge is 0.300 e. The third-order valence-electron chi connectivity index (χ3n) is 7.43. The first-order valence-corrected chi connectivity index (χ1v) is 11.6. The molecule has 0 amide bonds. The molecule has 2 aromatic rings. The van der Waals surface area contributed by atoms with Gasteiger partial charge in [0, 0.05) is 12.8 Å². The third-order valence-corrected chi connectivity index (χ3v) is 7.43. The van der Waals surface area contributed by atoms with Gasteiger partial charge < -0.3 is 0 Å². The van der Waals surface area contributed by atoms with Crippen molar-refractivity contribution in [2.45, 2.75) is 76.0 Å². The molecule has 30 heavy (non-hydrogen) atoms. The number of carbonyl (C=O) groups is 1. The molecule has 2 aromatic carbocycles. The first kappa shape index (κ1) is 21.2. The van der Waals surface area contributed by atoms with Crippen molar-refractivity contribution in [2.75, 3.05) is 0 Å². The molecule has 0 radical (unpaired) electrons. The van der Waals surface area contributed by atoms with Crippen LogP contribution in [0.2, 0.25) is 0 Å². The lowest BCUT2D eigenvalue weighted by Crippen LogP contribution is -2.19. The molecule has 0 aliphatic heterocycles. The second-order valence-corrected chi connectivity index (χ2v) is 9.35. The SMILES string of the molecule is O=C(C[C@H](c1ccc(F)cc1)C1CCCC1)C[C@@H](c1ccc(F)cc1)C1CCCC1. The van der Waals surface area contributed by atoms with Gasteiger partial charge in [0.25, 0.3) is 0 Å². The highest BCUT2D eigenvalue weighted by atomic mass is 19.1. The smallest absolute Gasteiger partial charge is 0.134 e. The molecule has 2 fully saturated rings. The van der Waals surface area contributed by atoms with Crippen molar-refractivity contribution in [3.8, 4) is 0 Å². The van der Waals surface area contributed by atoms with Crippen LogP contribution in [0.3, 0.4) is 0 Å². The van der Waals surface area contributed by atoms with Crippen molar-refractivity contribution >= 4 is 5.78 Å². The van der Waals surface area contributed by atoms with Gasteiger partial charge in [-0.1, -0.05) is 49.9 Å². The van der Waals surface area contributed by atoms with Crippen LogP contribution < -0.4 is 0 Å². The van der Waals surface area contributed by atoms with Crippen LogP contribution in [0.1, 0.15) is 87.2 Å². The number of rotatable bonds is 8. The number of Topliss-reactive ketones (excluding diaryl/α,β-unsaturated/α-hetero) is 1. The van der Waals surface area contributed by atoms with Gasteiger partial charge in [0.2, 0.25) is 0 Å². The summed E-state index contributed by atoms with van der Waals surface area (Å²) in [4.78, 5) is 13.3. The Hall–Kier alpha value is -2.03. The first-order valence-electron chi connectivity index (χ1n) is 11.6. The zero-order valence-corrected chi connectivity index (χ0v) is 17.7. The second-order valence-electron chi connectivity index (χ2n) is 9.35. The Balaban J connectivity index is 1.51. The van der Waals surface area contributed by atoms with Crippen LogP contribution in [-0.4, -0.2) is 5.78 Å². The zero-order valence-electron chi connectivity index (χ0n) is 17.7. The monoisotopic (exact) mass is 410 g/mol. The molecule has 1 nitrogen and oxygen atoms in total. The van der Waals surface area contributed by atoms with Gasteiger partial charge >= 0.3 is 0 Å². The van der Waals surface area contributed by atoms with E-state index in [4.69, 9.17) is 0 Å². The molecular formula is C27H32F2O. The highest BCUT2D eigenvalue weighted by Gasteiger charge is 2.32. The van der Waals surface area contributed by atoms with Crippen LogP contribution in [0.5, 0.6) is 0 Å². The maximum atomic E-state index is 13.5. The van der Waals surface area contributed by atoms with E-state index in [-0.39, 0.29) is 29.3 Å². The summed E-state index contributed by atoms with van der Waals surface area (Å²) in [5.74, 6) is 1.21. The van der Waals surface area contributed by atoms with E-state index in [9.17, 15) is 13.6 Å². The fourth-order valence-corrected chi connectivity index (χ4v) is 5.83. The summed E-state index contributed by atoms with van der Waals surface area (Å²) in [7, 11) is 0. The molecular weight excluding hydrogens is 378 g/mol. The zero-order chi connectivity index (χ0) is 20.9. The first-order chi connectivity index (χ1) is 14.6. The summed E-state index contributed by atoms with van der Waals surface area (Å²) in [5, 5.41) is 0. The van der Waals surface area contributed by atoms with Gasteiger partial charge in [-0.2, -0.15) is 0 Å². The lowest BCUT2D eigenvalue weighted by Gasteiger charge is -2.27. The highest BCUT2D eigenvalue weighted by Crippen LogP contribution is 2.43. The fourth-order valence-electron chi connectivity index (χ4n) is 5.83. The predicted octanol–water partition coefficient (Wildman–Crippen LogP) is 7.56. The van der Waals surface area contributed by atoms with Gasteiger partial charge in [-0.25, -0.2) is 8.78 Å². The Morgan fingerprint density at radius 2 is 1.00 bits per heavy atom. The van der Waals surface area contributed by atoms with E-state index in [1.54, 1.807) is 0 Å². The van der Waals surface area contributed by atoms with Crippen LogP contribution in [0, 0.1) is 23.5 Å². The van der Waals surface area contributed by atoms with Crippen molar-refractivity contribution in [2.24, 2.45) is 11.8 Å². The van der Waals surface area contributed by atoms with Gasteiger partial charge in [-0.3, -0.25) is 4.79 Å². The lowest BCUT2D eigenvalue weighted by molar-refractivity contribution is -0.120. The van der Waals surface area contributed by atoms with Gasteiger partial charge in [-0.15, -0.1) is 0 Å². The molecule has 2 aliphatic rings. The van der Waals surface area contributed by atoms with Gasteiger partial charge in [-0.05, 0) is 84.7 Å². The van der Waals surface area contributed by atoms with Crippen LogP contribution in [0.25, 0.3) is 0 Å². The van der Waals surface area contributed by atoms with Gasteiger partial charge in [0.1, 0.15) is 17.4 Å². The Morgan fingerprint density at radius 3 is 1.33 bits per heavy atom. The third kappa shape index (κ3) is 5.17. The average Bonchev–Trinajstić information content (AvgIpc) is 3.46. The van der Waals surface area contributed by atoms with Crippen molar-refractivity contribution in [1.29, 1.82) is 0 Å². The number of halogens is 2. The van der Waals surface area contributed by atoms with Gasteiger partial charge in [0.15, 0.2) is 0 Å². The minimum Gasteiger partial charge on any atom is -0.300 e. The number of carbonyl (C=O) groups excluding carboxylic acids is 1. The van der Waals surface area contributed by atoms with Crippen molar-refractivity contribution in [3.05, 3.63) is 71.3 Å². The molecule has 0 bridgehead atoms. The summed E-state index contributed by atoms with van der Waals surface area (Å²) < 4.78 is 26.9. The summed E-state index contributed by atoms with van der Waals surface area (Å²) >= 11 is 0. The van der Waals surface area contributed by atoms with Gasteiger partial charge in [0.05, 0.1) is 0 Å². The van der Waals surface area contributed by atoms with Crippen LogP contribution >= 0.6 is 0 Å². The molecule has 0 saturated heterocycles. The molecule has 0 aromatic heterocycles. The molecule has 0 N–H and O–H groups in total. The average molecular weight is 411 g/mol. The molecule has 2 saturated carbocycles. The predicted molar refractivity (Wildman–Crippen MR) is 116 cm³/mol. The fraction of sp³-hybridized carbons (Fsp3) is 0.519. The standard InChI is InChI=1S/C27H32F2O/c28-23-13-9-21(10-14-23)26(19-5-1-2-6-19)17-25(30)18-27(20-7-3-4-8-20)22-11-15-24(29)16-12-22/h9-16,19-20,26-27H,1-8,17-18H2/t26-,27+. The summed E-state index contributed by atoms with van der Waals surface area (Å²) in [6.45, 7) is 0. The molecule has 0 heterocycles. The molecule has 2 aliphatic carbocycles. The number of ketones is 1. The summed E-state index contributed by atoms with van der Waals surface area (Å²) in [6.07, 6.45) is 10.5. The minimum absolute atomic E-state index is 0.179. The topological polar surface area (TPSA) is 17.1 Å². The Kier molecular flexibility index (Phi) is 6.97. The normalized spacial score (nSPS) is 19.8. The molecule has 0 spiro atoms. The quantitative estimate of drug-likeness (QED) is 0.439. The molecule has 4 rings (SSSR count). The molecule has 160 valence electrons. The Bertz CT molecular complexity index is 745. The van der Waals surface area contributed by atoms with Crippen LogP contribution in [0.15, 0.2) is 48.5 Å². The van der Waals surface area contributed by atoms with E-state index in [0.29, 0.717) is 24.7 Å². The van der Waals surface area contributed by atoms with E-state index >= 15 is 0 Å². The highest BCUT2D eigenvalue weighted by molar-refractivity contribution is 5.80. The number of benzene rings is 2. The van der Waals surface area contributed by atoms with Crippen molar-refractivity contribution < 1.29 is 13.6 Å². The number of hydrogen-bond donors (Lipinski definition) is 0. The minimum atomic E-state index is -0.229. The number of hydrogen-bond acceptors (Lipinski definition) is 1. The van der Waals surface area contributed by atoms with E-state index in [2.05, 4.69) is 0 Å². The summed E-state index contributed by atoms with van der Waals surface area (Å²) in [6, 6.07) is 13.5.